The van der Waals surface area contributed by atoms with Crippen LogP contribution in [-0.2, 0) is 4.79 Å². The summed E-state index contributed by atoms with van der Waals surface area (Å²) in [5.41, 5.74) is 5.63. The Hall–Kier alpha value is -2.99. The normalized spacial score (nSPS) is 23.0. The molecule has 2 aliphatic heterocycles. The Bertz CT molecular complexity index is 1070. The second-order valence-corrected chi connectivity index (χ2v) is 9.13. The molecule has 1 saturated heterocycles. The molecule has 0 unspecified atom stereocenters. The molecule has 182 valence electrons. The first-order valence-electron chi connectivity index (χ1n) is 12.2. The molecule has 0 bridgehead atoms. The summed E-state index contributed by atoms with van der Waals surface area (Å²) in [5, 5.41) is 0. The van der Waals surface area contributed by atoms with Crippen molar-refractivity contribution in [1.29, 1.82) is 0 Å². The fourth-order valence-corrected chi connectivity index (χ4v) is 4.61. The molecule has 1 fully saturated rings. The van der Waals surface area contributed by atoms with Crippen molar-refractivity contribution in [3.8, 4) is 0 Å². The highest BCUT2D eigenvalue weighted by Gasteiger charge is 2.36. The Balaban J connectivity index is 1.98. The Labute approximate surface area is 205 Å². The van der Waals surface area contributed by atoms with Crippen LogP contribution in [0.5, 0.6) is 0 Å². The summed E-state index contributed by atoms with van der Waals surface area (Å²) in [4.78, 5) is 30.0. The van der Waals surface area contributed by atoms with Crippen LogP contribution in [0, 0.1) is 0 Å². The first-order valence-corrected chi connectivity index (χ1v) is 12.2. The summed E-state index contributed by atoms with van der Waals surface area (Å²) in [6.07, 6.45) is 12.2. The molecule has 0 spiro atoms. The van der Waals surface area contributed by atoms with Gasteiger partial charge in [-0.25, -0.2) is 9.98 Å². The molecule has 0 N–H and O–H groups in total. The van der Waals surface area contributed by atoms with Crippen LogP contribution in [0.3, 0.4) is 0 Å². The minimum Gasteiger partial charge on any atom is -0.369 e. The van der Waals surface area contributed by atoms with Gasteiger partial charge in [0.25, 0.3) is 0 Å². The number of carbonyl (C=O) groups is 1. The molecule has 0 aromatic rings. The topological polar surface area (TPSA) is 51.5 Å². The predicted molar refractivity (Wildman–Crippen MR) is 143 cm³/mol. The Morgan fingerprint density at radius 2 is 1.56 bits per heavy atom. The van der Waals surface area contributed by atoms with Crippen molar-refractivity contribution in [1.82, 2.24) is 14.7 Å². The van der Waals surface area contributed by atoms with Gasteiger partial charge >= 0.3 is 0 Å². The fourth-order valence-electron chi connectivity index (χ4n) is 4.61. The van der Waals surface area contributed by atoms with Gasteiger partial charge in [0, 0.05) is 63.2 Å². The van der Waals surface area contributed by atoms with Gasteiger partial charge in [-0.15, -0.1) is 0 Å². The molecule has 0 saturated carbocycles. The largest absolute Gasteiger partial charge is 0.369 e. The number of ketones is 1. The van der Waals surface area contributed by atoms with E-state index in [0.29, 0.717) is 28.8 Å². The molecule has 0 aromatic heterocycles. The molecule has 1 aliphatic carbocycles. The van der Waals surface area contributed by atoms with E-state index >= 15 is 0 Å². The highest BCUT2D eigenvalue weighted by atomic mass is 16.1. The van der Waals surface area contributed by atoms with Gasteiger partial charge in [0.15, 0.2) is 5.78 Å². The van der Waals surface area contributed by atoms with Crippen LogP contribution in [0.1, 0.15) is 41.5 Å². The molecular formula is C28H39N5O. The zero-order valence-corrected chi connectivity index (χ0v) is 22.0. The molecule has 3 aliphatic rings. The molecule has 34 heavy (non-hydrogen) atoms. The summed E-state index contributed by atoms with van der Waals surface area (Å²) < 4.78 is 0. The SMILES string of the molecule is C\C=C(/C=C\C(=C/C)N1CCN(C(C)C)CC1)C1=C2N=C(N(C)C)N=C2C(=C/C)/C(=C\C)C1=O. The van der Waals surface area contributed by atoms with Crippen LogP contribution in [0.25, 0.3) is 0 Å². The lowest BCUT2D eigenvalue weighted by atomic mass is 9.81. The summed E-state index contributed by atoms with van der Waals surface area (Å²) in [6, 6.07) is 0.574. The van der Waals surface area contributed by atoms with Gasteiger partial charge in [-0.05, 0) is 53.2 Å². The molecule has 3 rings (SSSR count). The van der Waals surface area contributed by atoms with Crippen molar-refractivity contribution in [3.63, 3.8) is 0 Å². The average Bonchev–Trinajstić information content (AvgIpc) is 3.27. The van der Waals surface area contributed by atoms with E-state index in [1.54, 1.807) is 0 Å². The first kappa shape index (κ1) is 25.6. The van der Waals surface area contributed by atoms with Crippen molar-refractivity contribution in [2.24, 2.45) is 9.98 Å². The third kappa shape index (κ3) is 4.92. The van der Waals surface area contributed by atoms with Gasteiger partial charge in [-0.2, -0.15) is 0 Å². The number of aliphatic imine (C=N–C) groups is 2. The number of Topliss-reactive ketones (excluding diaryl/α,β-unsaturated/α-hetero) is 1. The maximum absolute atomic E-state index is 13.7. The van der Waals surface area contributed by atoms with Crippen molar-refractivity contribution in [3.05, 3.63) is 70.1 Å². The molecular weight excluding hydrogens is 422 g/mol. The number of allylic oxidation sites excluding steroid dienone is 10. The molecule has 0 aromatic carbocycles. The summed E-state index contributed by atoms with van der Waals surface area (Å²) in [5.74, 6) is 0.613. The molecule has 0 amide bonds. The van der Waals surface area contributed by atoms with Crippen LogP contribution in [0.2, 0.25) is 0 Å². The summed E-state index contributed by atoms with van der Waals surface area (Å²) in [7, 11) is 3.84. The lowest BCUT2D eigenvalue weighted by molar-refractivity contribution is -0.111. The van der Waals surface area contributed by atoms with Gasteiger partial charge < -0.3 is 9.80 Å². The quantitative estimate of drug-likeness (QED) is 0.446. The Morgan fingerprint density at radius 3 is 2.06 bits per heavy atom. The number of fused-ring (bicyclic) bond motifs is 1. The number of hydrogen-bond donors (Lipinski definition) is 0. The van der Waals surface area contributed by atoms with Crippen molar-refractivity contribution >= 4 is 17.5 Å². The molecule has 6 heteroatoms. The lowest BCUT2D eigenvalue weighted by Gasteiger charge is -2.38. The van der Waals surface area contributed by atoms with Crippen LogP contribution >= 0.6 is 0 Å². The lowest BCUT2D eigenvalue weighted by Crippen LogP contribution is -2.48. The number of carbonyl (C=O) groups excluding carboxylic acids is 1. The maximum Gasteiger partial charge on any atom is 0.226 e. The Kier molecular flexibility index (Phi) is 8.26. The van der Waals surface area contributed by atoms with Gasteiger partial charge in [0.05, 0.1) is 5.57 Å². The smallest absolute Gasteiger partial charge is 0.226 e. The average molecular weight is 462 g/mol. The van der Waals surface area contributed by atoms with E-state index in [0.717, 1.165) is 43.0 Å². The van der Waals surface area contributed by atoms with Crippen LogP contribution in [0.4, 0.5) is 0 Å². The molecule has 0 atom stereocenters. The van der Waals surface area contributed by atoms with Gasteiger partial charge in [-0.3, -0.25) is 9.69 Å². The first-order chi connectivity index (χ1) is 16.3. The minimum atomic E-state index is -0.00127. The third-order valence-electron chi connectivity index (χ3n) is 6.62. The van der Waals surface area contributed by atoms with E-state index in [-0.39, 0.29) is 5.78 Å². The van der Waals surface area contributed by atoms with E-state index < -0.39 is 0 Å². The van der Waals surface area contributed by atoms with Gasteiger partial charge in [-0.1, -0.05) is 30.4 Å². The third-order valence-corrected chi connectivity index (χ3v) is 6.62. The highest BCUT2D eigenvalue weighted by Crippen LogP contribution is 2.36. The molecule has 2 heterocycles. The standard InChI is InChI=1S/C28H39N5O/c1-9-20(13-14-21(10-2)33-17-15-32(16-18-33)19(5)6)24-26-25(29-28(30-26)31(7)8)22(11-3)23(12-4)27(24)34/h9-14,19H,15-18H2,1-8H3/b14-13-,20-9+,21-10+,22-11+,23-12+. The zero-order valence-electron chi connectivity index (χ0n) is 22.0. The van der Waals surface area contributed by atoms with Crippen molar-refractivity contribution in [2.75, 3.05) is 40.3 Å². The van der Waals surface area contributed by atoms with Crippen molar-refractivity contribution < 1.29 is 4.79 Å². The molecule has 6 nitrogen and oxygen atoms in total. The maximum atomic E-state index is 13.7. The highest BCUT2D eigenvalue weighted by molar-refractivity contribution is 6.35. The Morgan fingerprint density at radius 1 is 0.912 bits per heavy atom. The number of rotatable bonds is 5. The van der Waals surface area contributed by atoms with E-state index in [1.165, 1.54) is 5.70 Å². The second kappa shape index (κ2) is 11.0. The summed E-state index contributed by atoms with van der Waals surface area (Å²) >= 11 is 0. The van der Waals surface area contributed by atoms with Gasteiger partial charge in [0.1, 0.15) is 11.4 Å². The second-order valence-electron chi connectivity index (χ2n) is 9.13. The monoisotopic (exact) mass is 461 g/mol. The van der Waals surface area contributed by atoms with E-state index in [2.05, 4.69) is 48.8 Å². The van der Waals surface area contributed by atoms with E-state index in [9.17, 15) is 4.79 Å². The van der Waals surface area contributed by atoms with E-state index in [1.807, 2.05) is 58.0 Å². The van der Waals surface area contributed by atoms with Crippen LogP contribution in [-0.4, -0.2) is 78.5 Å². The van der Waals surface area contributed by atoms with E-state index in [4.69, 9.17) is 9.98 Å². The van der Waals surface area contributed by atoms with Gasteiger partial charge in [0.2, 0.25) is 5.96 Å². The predicted octanol–water partition coefficient (Wildman–Crippen LogP) is 4.52. The van der Waals surface area contributed by atoms with Crippen LogP contribution < -0.4 is 0 Å². The number of hydrogen-bond acceptors (Lipinski definition) is 6. The number of piperazine rings is 1. The fraction of sp³-hybridized carbons (Fsp3) is 0.464. The minimum absolute atomic E-state index is 0.00127. The summed E-state index contributed by atoms with van der Waals surface area (Å²) in [6.45, 7) is 16.5. The molecule has 0 radical (unpaired) electrons. The number of nitrogens with zero attached hydrogens (tertiary/aromatic N) is 5. The van der Waals surface area contributed by atoms with Crippen molar-refractivity contribution in [2.45, 2.75) is 47.6 Å². The van der Waals surface area contributed by atoms with Crippen LogP contribution in [0.15, 0.2) is 80.1 Å². The zero-order chi connectivity index (χ0) is 25.0. The number of guanidine groups is 1.